The van der Waals surface area contributed by atoms with Gasteiger partial charge in [0.15, 0.2) is 0 Å². The quantitative estimate of drug-likeness (QED) is 0.652. The minimum absolute atomic E-state index is 0.117. The van der Waals surface area contributed by atoms with Gasteiger partial charge in [0, 0.05) is 6.08 Å². The summed E-state index contributed by atoms with van der Waals surface area (Å²) in [5.74, 6) is -0.630. The Morgan fingerprint density at radius 1 is 1.43 bits per heavy atom. The van der Waals surface area contributed by atoms with Gasteiger partial charge in [-0.15, -0.1) is 0 Å². The molecule has 1 atom stereocenters. The summed E-state index contributed by atoms with van der Waals surface area (Å²) in [4.78, 5) is 36.2. The molecule has 0 radical (unpaired) electrons. The van der Waals surface area contributed by atoms with Crippen LogP contribution in [0.2, 0.25) is 0 Å². The minimum atomic E-state index is -0.662. The first-order chi connectivity index (χ1) is 10.0. The summed E-state index contributed by atoms with van der Waals surface area (Å²) in [6.07, 6.45) is 2.96. The van der Waals surface area contributed by atoms with Crippen molar-refractivity contribution in [1.29, 1.82) is 0 Å². The van der Waals surface area contributed by atoms with Crippen molar-refractivity contribution in [3.8, 4) is 5.75 Å². The van der Waals surface area contributed by atoms with Gasteiger partial charge in [0.1, 0.15) is 18.3 Å². The molecule has 3 amide bonds. The van der Waals surface area contributed by atoms with Crippen molar-refractivity contribution in [2.75, 3.05) is 13.7 Å². The van der Waals surface area contributed by atoms with E-state index in [1.807, 2.05) is 12.1 Å². The fraction of sp³-hybridized carbons (Fsp3) is 0.267. The highest BCUT2D eigenvalue weighted by Crippen LogP contribution is 2.14. The molecule has 1 N–H and O–H groups in total. The Morgan fingerprint density at radius 2 is 2.19 bits per heavy atom. The molecule has 21 heavy (non-hydrogen) atoms. The lowest BCUT2D eigenvalue weighted by Crippen LogP contribution is -2.58. The Bertz CT molecular complexity index is 609. The molecule has 0 aliphatic carbocycles. The number of nitrogens with one attached hydrogen (secondary N) is 1. The lowest BCUT2D eigenvalue weighted by molar-refractivity contribution is -0.147. The second kappa shape index (κ2) is 6.21. The molecule has 2 rings (SSSR count). The van der Waals surface area contributed by atoms with Gasteiger partial charge in [0.2, 0.25) is 17.7 Å². The Morgan fingerprint density at radius 3 is 2.90 bits per heavy atom. The first-order valence-electron chi connectivity index (χ1n) is 6.47. The van der Waals surface area contributed by atoms with Crippen LogP contribution in [0.15, 0.2) is 30.3 Å². The molecule has 1 unspecified atom stereocenters. The van der Waals surface area contributed by atoms with Crippen LogP contribution in [0.5, 0.6) is 5.75 Å². The van der Waals surface area contributed by atoms with Crippen molar-refractivity contribution in [2.24, 2.45) is 0 Å². The van der Waals surface area contributed by atoms with Gasteiger partial charge in [-0.1, -0.05) is 12.1 Å². The highest BCUT2D eigenvalue weighted by Gasteiger charge is 2.32. The number of ether oxygens (including phenoxy) is 1. The first kappa shape index (κ1) is 14.8. The van der Waals surface area contributed by atoms with Crippen molar-refractivity contribution in [2.45, 2.75) is 13.0 Å². The number of methoxy groups -OCH3 is 1. The highest BCUT2D eigenvalue weighted by atomic mass is 16.5. The Kier molecular flexibility index (Phi) is 4.37. The maximum atomic E-state index is 12.1. The van der Waals surface area contributed by atoms with E-state index in [1.54, 1.807) is 32.2 Å². The van der Waals surface area contributed by atoms with E-state index in [0.29, 0.717) is 5.75 Å². The number of imide groups is 1. The van der Waals surface area contributed by atoms with Crippen LogP contribution in [0, 0.1) is 0 Å². The summed E-state index contributed by atoms with van der Waals surface area (Å²) >= 11 is 0. The van der Waals surface area contributed by atoms with Gasteiger partial charge < -0.3 is 9.64 Å². The molecular weight excluding hydrogens is 272 g/mol. The van der Waals surface area contributed by atoms with Crippen molar-refractivity contribution < 1.29 is 19.1 Å². The number of carbonyl (C=O) groups excluding carboxylic acids is 3. The van der Waals surface area contributed by atoms with E-state index in [9.17, 15) is 14.4 Å². The summed E-state index contributed by atoms with van der Waals surface area (Å²) < 4.78 is 5.10. The van der Waals surface area contributed by atoms with E-state index in [-0.39, 0.29) is 12.5 Å². The number of nitrogens with zero attached hydrogens (tertiary/aromatic N) is 1. The number of hydrogen-bond acceptors (Lipinski definition) is 4. The fourth-order valence-electron chi connectivity index (χ4n) is 1.99. The molecule has 110 valence electrons. The minimum Gasteiger partial charge on any atom is -0.497 e. The normalized spacial score (nSPS) is 18.8. The van der Waals surface area contributed by atoms with Crippen molar-refractivity contribution >= 4 is 23.8 Å². The fourth-order valence-corrected chi connectivity index (χ4v) is 1.99. The van der Waals surface area contributed by atoms with Gasteiger partial charge in [-0.25, -0.2) is 0 Å². The summed E-state index contributed by atoms with van der Waals surface area (Å²) in [6.45, 7) is 1.47. The molecule has 1 fully saturated rings. The van der Waals surface area contributed by atoms with Gasteiger partial charge in [-0.05, 0) is 30.7 Å². The molecule has 1 aromatic rings. The average Bonchev–Trinajstić information content (AvgIpc) is 2.48. The number of carbonyl (C=O) groups is 3. The van der Waals surface area contributed by atoms with Gasteiger partial charge in [0.05, 0.1) is 7.11 Å². The third kappa shape index (κ3) is 3.47. The zero-order valence-corrected chi connectivity index (χ0v) is 11.8. The Hall–Kier alpha value is -2.63. The van der Waals surface area contributed by atoms with E-state index in [1.165, 1.54) is 11.0 Å². The van der Waals surface area contributed by atoms with E-state index in [2.05, 4.69) is 5.32 Å². The number of piperazine rings is 1. The molecule has 0 spiro atoms. The third-order valence-electron chi connectivity index (χ3n) is 3.22. The number of benzene rings is 1. The SMILES string of the molecule is COc1cccc(C=CC(=O)N2CC(=O)NC(=O)C2C)c1. The molecule has 0 saturated carbocycles. The summed E-state index contributed by atoms with van der Waals surface area (Å²) in [5, 5.41) is 2.19. The second-order valence-corrected chi connectivity index (χ2v) is 4.66. The van der Waals surface area contributed by atoms with E-state index < -0.39 is 17.9 Å². The zero-order valence-electron chi connectivity index (χ0n) is 11.8. The lowest BCUT2D eigenvalue weighted by atomic mass is 10.1. The van der Waals surface area contributed by atoms with Crippen LogP contribution < -0.4 is 10.1 Å². The smallest absolute Gasteiger partial charge is 0.249 e. The topological polar surface area (TPSA) is 75.7 Å². The molecule has 6 heteroatoms. The first-order valence-corrected chi connectivity index (χ1v) is 6.47. The molecule has 1 heterocycles. The van der Waals surface area contributed by atoms with Crippen LogP contribution in [0.1, 0.15) is 12.5 Å². The monoisotopic (exact) mass is 288 g/mol. The van der Waals surface area contributed by atoms with Crippen LogP contribution in [-0.4, -0.2) is 42.3 Å². The van der Waals surface area contributed by atoms with E-state index in [4.69, 9.17) is 4.74 Å². The maximum Gasteiger partial charge on any atom is 0.249 e. The molecule has 0 aromatic heterocycles. The summed E-state index contributed by atoms with van der Waals surface area (Å²) in [5.41, 5.74) is 0.795. The third-order valence-corrected chi connectivity index (χ3v) is 3.22. The molecule has 1 aliphatic rings. The van der Waals surface area contributed by atoms with E-state index in [0.717, 1.165) is 5.56 Å². The molecule has 6 nitrogen and oxygen atoms in total. The molecule has 1 saturated heterocycles. The van der Waals surface area contributed by atoms with Crippen LogP contribution in [0.4, 0.5) is 0 Å². The van der Waals surface area contributed by atoms with Crippen LogP contribution in [0.3, 0.4) is 0 Å². The molecule has 1 aliphatic heterocycles. The highest BCUT2D eigenvalue weighted by molar-refractivity contribution is 6.06. The van der Waals surface area contributed by atoms with Crippen LogP contribution in [-0.2, 0) is 14.4 Å². The largest absolute Gasteiger partial charge is 0.497 e. The second-order valence-electron chi connectivity index (χ2n) is 4.66. The van der Waals surface area contributed by atoms with Gasteiger partial charge >= 0.3 is 0 Å². The maximum absolute atomic E-state index is 12.1. The Balaban J connectivity index is 2.11. The van der Waals surface area contributed by atoms with Crippen molar-refractivity contribution in [3.63, 3.8) is 0 Å². The number of rotatable bonds is 3. The zero-order chi connectivity index (χ0) is 15.4. The van der Waals surface area contributed by atoms with Crippen molar-refractivity contribution in [3.05, 3.63) is 35.9 Å². The van der Waals surface area contributed by atoms with Gasteiger partial charge in [-0.3, -0.25) is 19.7 Å². The van der Waals surface area contributed by atoms with Gasteiger partial charge in [0.25, 0.3) is 0 Å². The molecular formula is C15H16N2O4. The summed E-state index contributed by atoms with van der Waals surface area (Å²) in [6, 6.07) is 6.55. The lowest BCUT2D eigenvalue weighted by Gasteiger charge is -2.30. The van der Waals surface area contributed by atoms with Crippen LogP contribution in [0.25, 0.3) is 6.08 Å². The Labute approximate surface area is 122 Å². The molecule has 1 aromatic carbocycles. The van der Waals surface area contributed by atoms with E-state index >= 15 is 0 Å². The predicted octanol–water partition coefficient (Wildman–Crippen LogP) is 0.582. The number of amides is 3. The summed E-state index contributed by atoms with van der Waals surface area (Å²) in [7, 11) is 1.56. The van der Waals surface area contributed by atoms with Crippen LogP contribution >= 0.6 is 0 Å². The molecule has 0 bridgehead atoms. The standard InChI is InChI=1S/C15H16N2O4/c1-10-15(20)16-13(18)9-17(10)14(19)7-6-11-4-3-5-12(8-11)21-2/h3-8,10H,9H2,1-2H3,(H,16,18,20). The van der Waals surface area contributed by atoms with Gasteiger partial charge in [-0.2, -0.15) is 0 Å². The van der Waals surface area contributed by atoms with Crippen molar-refractivity contribution in [1.82, 2.24) is 10.2 Å². The number of hydrogen-bond donors (Lipinski definition) is 1. The predicted molar refractivity (Wildman–Crippen MR) is 76.4 cm³/mol. The average molecular weight is 288 g/mol.